The molecule has 2 aliphatic rings. The first-order chi connectivity index (χ1) is 8.44. The average molecular weight is 257 g/mol. The Balaban J connectivity index is 2.11. The molecule has 0 aromatic carbocycles. The van der Waals surface area contributed by atoms with Gasteiger partial charge in [0.05, 0.1) is 6.61 Å². The van der Waals surface area contributed by atoms with Crippen molar-refractivity contribution in [2.75, 3.05) is 13.2 Å². The lowest BCUT2D eigenvalue weighted by molar-refractivity contribution is -0.161. The molecule has 0 aromatic rings. The van der Waals surface area contributed by atoms with E-state index in [0.717, 1.165) is 6.42 Å². The molecule has 0 aliphatic carbocycles. The lowest BCUT2D eigenvalue weighted by Gasteiger charge is -2.22. The molecular weight excluding hydrogens is 238 g/mol. The number of hydrogen-bond donors (Lipinski definition) is 2. The van der Waals surface area contributed by atoms with Gasteiger partial charge in [-0.15, -0.1) is 0 Å². The topological polar surface area (TPSA) is 77.0 Å². The van der Waals surface area contributed by atoms with Gasteiger partial charge < -0.3 is 24.6 Å². The smallest absolute Gasteiger partial charge is 0.376 e. The van der Waals surface area contributed by atoms with Crippen LogP contribution in [0.25, 0.3) is 0 Å². The van der Waals surface area contributed by atoms with Crippen LogP contribution in [-0.2, 0) is 19.0 Å². The van der Waals surface area contributed by atoms with Crippen molar-refractivity contribution < 1.29 is 24.1 Å². The minimum atomic E-state index is -0.716. The van der Waals surface area contributed by atoms with E-state index in [1.165, 1.54) is 0 Å². The van der Waals surface area contributed by atoms with Crippen molar-refractivity contribution in [2.24, 2.45) is 0 Å². The van der Waals surface area contributed by atoms with Crippen molar-refractivity contribution in [1.29, 1.82) is 0 Å². The van der Waals surface area contributed by atoms with Crippen LogP contribution in [0.4, 0.5) is 0 Å². The van der Waals surface area contributed by atoms with E-state index in [-0.39, 0.29) is 5.76 Å². The SMILES string of the molecule is CCCNC1=C(O)C(=O)O[C@@H]1[C@@H]1COC(C)(C)O1. The monoisotopic (exact) mass is 257 g/mol. The van der Waals surface area contributed by atoms with Gasteiger partial charge in [0.2, 0.25) is 5.76 Å². The summed E-state index contributed by atoms with van der Waals surface area (Å²) >= 11 is 0. The second-order valence-corrected chi connectivity index (χ2v) is 4.88. The molecule has 0 radical (unpaired) electrons. The quantitative estimate of drug-likeness (QED) is 0.726. The summed E-state index contributed by atoms with van der Waals surface area (Å²) < 4.78 is 16.2. The van der Waals surface area contributed by atoms with E-state index in [1.807, 2.05) is 6.92 Å². The van der Waals surface area contributed by atoms with E-state index < -0.39 is 24.0 Å². The number of ether oxygens (including phenoxy) is 3. The first-order valence-corrected chi connectivity index (χ1v) is 6.14. The number of carbonyl (C=O) groups is 1. The average Bonchev–Trinajstić information content (AvgIpc) is 2.79. The summed E-state index contributed by atoms with van der Waals surface area (Å²) in [6.07, 6.45) is -0.135. The van der Waals surface area contributed by atoms with Crippen LogP contribution in [0.1, 0.15) is 27.2 Å². The Morgan fingerprint density at radius 1 is 1.50 bits per heavy atom. The summed E-state index contributed by atoms with van der Waals surface area (Å²) in [4.78, 5) is 11.4. The molecule has 0 bridgehead atoms. The van der Waals surface area contributed by atoms with Crippen LogP contribution >= 0.6 is 0 Å². The fourth-order valence-corrected chi connectivity index (χ4v) is 2.05. The molecule has 2 aliphatic heterocycles. The van der Waals surface area contributed by atoms with Crippen molar-refractivity contribution in [2.45, 2.75) is 45.2 Å². The summed E-state index contributed by atoms with van der Waals surface area (Å²) in [5.41, 5.74) is 0.396. The molecule has 2 heterocycles. The highest BCUT2D eigenvalue weighted by Crippen LogP contribution is 2.31. The third-order valence-electron chi connectivity index (χ3n) is 2.90. The van der Waals surface area contributed by atoms with E-state index in [0.29, 0.717) is 18.8 Å². The zero-order chi connectivity index (χ0) is 13.3. The van der Waals surface area contributed by atoms with Crippen LogP contribution < -0.4 is 5.32 Å². The summed E-state index contributed by atoms with van der Waals surface area (Å²) in [6.45, 7) is 6.58. The molecule has 0 aromatic heterocycles. The Morgan fingerprint density at radius 3 is 2.78 bits per heavy atom. The number of cyclic esters (lactones) is 1. The number of hydrogen-bond acceptors (Lipinski definition) is 6. The number of aliphatic hydroxyl groups is 1. The van der Waals surface area contributed by atoms with E-state index in [4.69, 9.17) is 14.2 Å². The van der Waals surface area contributed by atoms with Gasteiger partial charge in [0.25, 0.3) is 0 Å². The minimum Gasteiger partial charge on any atom is -0.501 e. The summed E-state index contributed by atoms with van der Waals surface area (Å²) in [5.74, 6) is -1.76. The van der Waals surface area contributed by atoms with Gasteiger partial charge in [-0.05, 0) is 20.3 Å². The molecule has 18 heavy (non-hydrogen) atoms. The zero-order valence-corrected chi connectivity index (χ0v) is 10.9. The van der Waals surface area contributed by atoms with Gasteiger partial charge in [0, 0.05) is 6.54 Å². The number of aliphatic hydroxyl groups excluding tert-OH is 1. The molecule has 6 heteroatoms. The Kier molecular flexibility index (Phi) is 3.49. The zero-order valence-electron chi connectivity index (χ0n) is 10.9. The van der Waals surface area contributed by atoms with Crippen LogP contribution in [0, 0.1) is 0 Å². The Labute approximate surface area is 106 Å². The summed E-state index contributed by atoms with van der Waals surface area (Å²) in [7, 11) is 0. The lowest BCUT2D eigenvalue weighted by Crippen LogP contribution is -2.37. The minimum absolute atomic E-state index is 0.329. The maximum absolute atomic E-state index is 11.4. The largest absolute Gasteiger partial charge is 0.501 e. The molecule has 2 N–H and O–H groups in total. The molecule has 2 rings (SSSR count). The molecule has 0 spiro atoms. The summed E-state index contributed by atoms with van der Waals surface area (Å²) in [6, 6.07) is 0. The van der Waals surface area contributed by atoms with Crippen molar-refractivity contribution in [3.63, 3.8) is 0 Å². The Morgan fingerprint density at radius 2 is 2.22 bits per heavy atom. The van der Waals surface area contributed by atoms with Gasteiger partial charge in [0.1, 0.15) is 11.8 Å². The van der Waals surface area contributed by atoms with Crippen LogP contribution in [0.15, 0.2) is 11.5 Å². The van der Waals surface area contributed by atoms with Gasteiger partial charge in [-0.1, -0.05) is 6.92 Å². The normalized spacial score (nSPS) is 30.7. The van der Waals surface area contributed by atoms with Crippen molar-refractivity contribution in [1.82, 2.24) is 5.32 Å². The number of nitrogens with one attached hydrogen (secondary N) is 1. The predicted molar refractivity (Wildman–Crippen MR) is 62.7 cm³/mol. The maximum Gasteiger partial charge on any atom is 0.376 e. The van der Waals surface area contributed by atoms with Crippen LogP contribution in [0.3, 0.4) is 0 Å². The Bertz CT molecular complexity index is 377. The van der Waals surface area contributed by atoms with Gasteiger partial charge in [0.15, 0.2) is 11.9 Å². The van der Waals surface area contributed by atoms with E-state index in [2.05, 4.69) is 5.32 Å². The Hall–Kier alpha value is -1.27. The highest BCUT2D eigenvalue weighted by atomic mass is 16.8. The highest BCUT2D eigenvalue weighted by molar-refractivity contribution is 5.89. The van der Waals surface area contributed by atoms with Crippen molar-refractivity contribution in [3.8, 4) is 0 Å². The molecule has 2 atom stereocenters. The number of rotatable bonds is 4. The molecule has 0 unspecified atom stereocenters. The molecular formula is C12H19NO5. The first-order valence-electron chi connectivity index (χ1n) is 6.14. The van der Waals surface area contributed by atoms with E-state index in [9.17, 15) is 9.90 Å². The molecule has 1 saturated heterocycles. The highest BCUT2D eigenvalue weighted by Gasteiger charge is 2.46. The third kappa shape index (κ3) is 2.44. The number of carbonyl (C=O) groups excluding carboxylic acids is 1. The summed E-state index contributed by atoms with van der Waals surface area (Å²) in [5, 5.41) is 12.7. The van der Waals surface area contributed by atoms with E-state index >= 15 is 0 Å². The van der Waals surface area contributed by atoms with Crippen LogP contribution in [-0.4, -0.2) is 42.2 Å². The molecule has 6 nitrogen and oxygen atoms in total. The maximum atomic E-state index is 11.4. The molecule has 102 valence electrons. The van der Waals surface area contributed by atoms with Gasteiger partial charge in [-0.25, -0.2) is 4.79 Å². The molecule has 1 fully saturated rings. The van der Waals surface area contributed by atoms with Crippen LogP contribution in [0.2, 0.25) is 0 Å². The number of esters is 1. The van der Waals surface area contributed by atoms with Crippen LogP contribution in [0.5, 0.6) is 0 Å². The predicted octanol–water partition coefficient (Wildman–Crippen LogP) is 0.832. The fourth-order valence-electron chi connectivity index (χ4n) is 2.05. The van der Waals surface area contributed by atoms with Gasteiger partial charge >= 0.3 is 5.97 Å². The third-order valence-corrected chi connectivity index (χ3v) is 2.90. The standard InChI is InChI=1S/C12H19NO5/c1-4-5-13-8-9(14)11(15)17-10(8)7-6-16-12(2,3)18-7/h7,10,13-14H,4-6H2,1-3H3/t7-,10+/m0/s1. The van der Waals surface area contributed by atoms with Gasteiger partial charge in [-0.2, -0.15) is 0 Å². The fraction of sp³-hybridized carbons (Fsp3) is 0.750. The molecule has 0 amide bonds. The first kappa shape index (κ1) is 13.2. The second kappa shape index (κ2) is 4.78. The lowest BCUT2D eigenvalue weighted by atomic mass is 10.1. The van der Waals surface area contributed by atoms with E-state index in [1.54, 1.807) is 13.8 Å². The van der Waals surface area contributed by atoms with Gasteiger partial charge in [-0.3, -0.25) is 0 Å². The van der Waals surface area contributed by atoms with Crippen molar-refractivity contribution >= 4 is 5.97 Å². The second-order valence-electron chi connectivity index (χ2n) is 4.88. The molecule has 0 saturated carbocycles. The van der Waals surface area contributed by atoms with Crippen molar-refractivity contribution in [3.05, 3.63) is 11.5 Å².